The van der Waals surface area contributed by atoms with Gasteiger partial charge >= 0.3 is 6.61 Å². The Bertz CT molecular complexity index is 1320. The fraction of sp³-hybridized carbons (Fsp3) is 0.174. The third kappa shape index (κ3) is 6.03. The van der Waals surface area contributed by atoms with Crippen LogP contribution in [-0.4, -0.2) is 39.8 Å². The molecule has 0 unspecified atom stereocenters. The van der Waals surface area contributed by atoms with Crippen LogP contribution in [0.4, 0.5) is 13.9 Å². The number of anilines is 1. The van der Waals surface area contributed by atoms with Gasteiger partial charge in [0.2, 0.25) is 5.13 Å². The van der Waals surface area contributed by atoms with Crippen molar-refractivity contribution in [2.45, 2.75) is 20.1 Å². The van der Waals surface area contributed by atoms with Crippen LogP contribution in [0, 0.1) is 6.92 Å². The molecule has 35 heavy (non-hydrogen) atoms. The fourth-order valence-electron chi connectivity index (χ4n) is 3.09. The van der Waals surface area contributed by atoms with Crippen molar-refractivity contribution >= 4 is 22.4 Å². The first-order chi connectivity index (χ1) is 16.9. The summed E-state index contributed by atoms with van der Waals surface area (Å²) in [6, 6.07) is 11.4. The number of ether oxygens (including phenoxy) is 3. The molecular formula is C23H19F2N5O4S. The average molecular weight is 499 g/mol. The van der Waals surface area contributed by atoms with Crippen molar-refractivity contribution in [2.24, 2.45) is 0 Å². The molecule has 1 amide bonds. The van der Waals surface area contributed by atoms with Gasteiger partial charge in [-0.25, -0.2) is 0 Å². The molecule has 9 nitrogen and oxygen atoms in total. The number of amides is 1. The molecule has 0 aliphatic carbocycles. The van der Waals surface area contributed by atoms with Gasteiger partial charge in [0.05, 0.1) is 24.6 Å². The topological polar surface area (TPSA) is 108 Å². The van der Waals surface area contributed by atoms with Crippen molar-refractivity contribution < 1.29 is 27.8 Å². The summed E-state index contributed by atoms with van der Waals surface area (Å²) in [4.78, 5) is 21.4. The van der Waals surface area contributed by atoms with Crippen molar-refractivity contribution in [1.82, 2.24) is 20.2 Å². The Morgan fingerprint density at radius 1 is 1.09 bits per heavy atom. The summed E-state index contributed by atoms with van der Waals surface area (Å²) in [5.41, 5.74) is 2.13. The molecule has 3 aromatic heterocycles. The molecule has 3 heterocycles. The lowest BCUT2D eigenvalue weighted by Gasteiger charge is -2.14. The maximum Gasteiger partial charge on any atom is 0.387 e. The number of nitrogens with zero attached hydrogens (tertiary/aromatic N) is 4. The molecular weight excluding hydrogens is 480 g/mol. The van der Waals surface area contributed by atoms with Gasteiger partial charge in [0.15, 0.2) is 0 Å². The minimum absolute atomic E-state index is 0.0547. The van der Waals surface area contributed by atoms with E-state index in [2.05, 4.69) is 30.2 Å². The number of halogens is 2. The van der Waals surface area contributed by atoms with Crippen LogP contribution in [-0.2, 0) is 6.61 Å². The van der Waals surface area contributed by atoms with Gasteiger partial charge in [-0.3, -0.25) is 20.1 Å². The molecule has 0 radical (unpaired) electrons. The molecule has 0 atom stereocenters. The molecule has 4 aromatic rings. The second-order valence-corrected chi connectivity index (χ2v) is 7.99. The molecule has 0 spiro atoms. The van der Waals surface area contributed by atoms with E-state index in [1.54, 1.807) is 56.6 Å². The SMILES string of the molecule is COc1ccc(COc2nnc(NC(=O)c3cnc(C)cc3-c3ccccc3OC(F)F)s2)nc1. The van der Waals surface area contributed by atoms with E-state index in [4.69, 9.17) is 9.47 Å². The van der Waals surface area contributed by atoms with Gasteiger partial charge in [0, 0.05) is 23.0 Å². The van der Waals surface area contributed by atoms with Crippen LogP contribution in [0.25, 0.3) is 11.1 Å². The number of aryl methyl sites for hydroxylation is 1. The number of carbonyl (C=O) groups excluding carboxylic acids is 1. The van der Waals surface area contributed by atoms with E-state index in [0.29, 0.717) is 28.3 Å². The van der Waals surface area contributed by atoms with E-state index >= 15 is 0 Å². The zero-order chi connectivity index (χ0) is 24.8. The highest BCUT2D eigenvalue weighted by Gasteiger charge is 2.20. The summed E-state index contributed by atoms with van der Waals surface area (Å²) in [6.07, 6.45) is 2.94. The first-order valence-corrected chi connectivity index (χ1v) is 11.0. The van der Waals surface area contributed by atoms with E-state index < -0.39 is 12.5 Å². The number of hydrogen-bond acceptors (Lipinski definition) is 9. The van der Waals surface area contributed by atoms with Gasteiger partial charge in [-0.1, -0.05) is 23.3 Å². The monoisotopic (exact) mass is 499 g/mol. The number of benzene rings is 1. The standard InChI is InChI=1S/C23H19F2N5O4S/c1-13-9-17(16-5-3-4-6-19(16)34-21(24)25)18(11-26-13)20(31)28-22-29-30-23(35-22)33-12-14-7-8-15(32-2)10-27-14/h3-11,21H,12H2,1-2H3,(H,28,29,31). The Balaban J connectivity index is 1.50. The van der Waals surface area contributed by atoms with Crippen LogP contribution in [0.1, 0.15) is 21.7 Å². The van der Waals surface area contributed by atoms with Crippen LogP contribution in [0.3, 0.4) is 0 Å². The molecule has 0 saturated carbocycles. The number of pyridine rings is 2. The lowest BCUT2D eigenvalue weighted by Crippen LogP contribution is -2.14. The minimum Gasteiger partial charge on any atom is -0.495 e. The van der Waals surface area contributed by atoms with Crippen molar-refractivity contribution in [3.8, 4) is 27.8 Å². The smallest absolute Gasteiger partial charge is 0.387 e. The number of hydrogen-bond donors (Lipinski definition) is 1. The van der Waals surface area contributed by atoms with Gasteiger partial charge in [-0.15, -0.1) is 5.10 Å². The molecule has 4 rings (SSSR count). The number of para-hydroxylation sites is 1. The quantitative estimate of drug-likeness (QED) is 0.352. The second-order valence-electron chi connectivity index (χ2n) is 7.05. The molecule has 0 fully saturated rings. The molecule has 0 bridgehead atoms. The second kappa shape index (κ2) is 10.8. The van der Waals surface area contributed by atoms with Crippen LogP contribution in [0.2, 0.25) is 0 Å². The summed E-state index contributed by atoms with van der Waals surface area (Å²) < 4.78 is 41.1. The molecule has 180 valence electrons. The predicted molar refractivity (Wildman–Crippen MR) is 124 cm³/mol. The number of alkyl halides is 2. The highest BCUT2D eigenvalue weighted by molar-refractivity contribution is 7.17. The van der Waals surface area contributed by atoms with Crippen molar-refractivity contribution in [1.29, 1.82) is 0 Å². The summed E-state index contributed by atoms with van der Waals surface area (Å²) in [6.45, 7) is -1.13. The minimum atomic E-state index is -3.01. The Labute approximate surface area is 202 Å². The van der Waals surface area contributed by atoms with E-state index in [1.807, 2.05) is 0 Å². The highest BCUT2D eigenvalue weighted by atomic mass is 32.1. The predicted octanol–water partition coefficient (Wildman–Crippen LogP) is 4.74. The number of nitrogens with one attached hydrogen (secondary N) is 1. The largest absolute Gasteiger partial charge is 0.495 e. The normalized spacial score (nSPS) is 10.8. The summed E-state index contributed by atoms with van der Waals surface area (Å²) >= 11 is 1.03. The number of carbonyl (C=O) groups is 1. The maximum atomic E-state index is 13.0. The number of methoxy groups -OCH3 is 1. The maximum absolute atomic E-state index is 13.0. The van der Waals surface area contributed by atoms with E-state index in [0.717, 1.165) is 11.3 Å². The third-order valence-corrected chi connectivity index (χ3v) is 5.43. The lowest BCUT2D eigenvalue weighted by molar-refractivity contribution is -0.0494. The van der Waals surface area contributed by atoms with E-state index in [9.17, 15) is 13.6 Å². The Morgan fingerprint density at radius 3 is 2.66 bits per heavy atom. The van der Waals surface area contributed by atoms with Gasteiger partial charge in [0.25, 0.3) is 11.1 Å². The summed E-state index contributed by atoms with van der Waals surface area (Å²) in [5, 5.41) is 10.9. The van der Waals surface area contributed by atoms with Crippen LogP contribution >= 0.6 is 11.3 Å². The highest BCUT2D eigenvalue weighted by Crippen LogP contribution is 2.34. The third-order valence-electron chi connectivity index (χ3n) is 4.68. The Kier molecular flexibility index (Phi) is 7.41. The van der Waals surface area contributed by atoms with Crippen LogP contribution in [0.15, 0.2) is 54.9 Å². The van der Waals surface area contributed by atoms with E-state index in [-0.39, 0.29) is 28.2 Å². The zero-order valence-electron chi connectivity index (χ0n) is 18.6. The number of aromatic nitrogens is 4. The van der Waals surface area contributed by atoms with Gasteiger partial charge in [-0.05, 0) is 42.5 Å². The molecule has 0 aliphatic rings. The number of rotatable bonds is 9. The zero-order valence-corrected chi connectivity index (χ0v) is 19.4. The van der Waals surface area contributed by atoms with Crippen LogP contribution in [0.5, 0.6) is 16.7 Å². The van der Waals surface area contributed by atoms with Gasteiger partial charge in [0.1, 0.15) is 18.1 Å². The lowest BCUT2D eigenvalue weighted by atomic mass is 9.99. The molecule has 1 N–H and O–H groups in total. The Hall–Kier alpha value is -4.19. The van der Waals surface area contributed by atoms with E-state index in [1.165, 1.54) is 12.3 Å². The average Bonchev–Trinajstić information content (AvgIpc) is 3.30. The first kappa shape index (κ1) is 24.0. The summed E-state index contributed by atoms with van der Waals surface area (Å²) in [5.74, 6) is 0.0304. The van der Waals surface area contributed by atoms with Crippen molar-refractivity contribution in [2.75, 3.05) is 12.4 Å². The Morgan fingerprint density at radius 2 is 1.91 bits per heavy atom. The van der Waals surface area contributed by atoms with Crippen LogP contribution < -0.4 is 19.5 Å². The molecule has 1 aromatic carbocycles. The summed E-state index contributed by atoms with van der Waals surface area (Å²) in [7, 11) is 1.55. The molecule has 0 saturated heterocycles. The van der Waals surface area contributed by atoms with Gasteiger partial charge in [-0.2, -0.15) is 8.78 Å². The van der Waals surface area contributed by atoms with Crippen molar-refractivity contribution in [3.63, 3.8) is 0 Å². The fourth-order valence-corrected chi connectivity index (χ4v) is 3.68. The van der Waals surface area contributed by atoms with Crippen molar-refractivity contribution in [3.05, 3.63) is 71.8 Å². The molecule has 12 heteroatoms. The van der Waals surface area contributed by atoms with Gasteiger partial charge < -0.3 is 14.2 Å². The first-order valence-electron chi connectivity index (χ1n) is 10.2. The molecule has 0 aliphatic heterocycles.